The molecule has 4 atom stereocenters. The maximum absolute atomic E-state index is 13.3. The second kappa shape index (κ2) is 8.80. The van der Waals surface area contributed by atoms with E-state index in [1.165, 1.54) is 6.42 Å². The number of nitrogens with one attached hydrogen (secondary N) is 1. The maximum atomic E-state index is 13.3. The third-order valence-corrected chi connectivity index (χ3v) is 6.32. The number of hydrogen-bond acceptors (Lipinski definition) is 4. The predicted octanol–water partition coefficient (Wildman–Crippen LogP) is 2.64. The van der Waals surface area contributed by atoms with Gasteiger partial charge in [-0.25, -0.2) is 0 Å². The number of carbonyl (C=O) groups is 2. The standard InChI is InChI=1S/C21H27ClN2O4/c22-16-6-3-5-15(10-16)21(26)24-18-7-2-1-4-14(18)11-19(24)20(25)23-12-17-13-27-8-9-28-17/h3,5-6,10,14,17-19H,1-2,4,7-9,11-13H2,(H,23,25)/t14-,17-,18-,19+/m1/s1. The third-order valence-electron chi connectivity index (χ3n) is 6.09. The van der Waals surface area contributed by atoms with Gasteiger partial charge in [0.25, 0.3) is 5.91 Å². The zero-order valence-corrected chi connectivity index (χ0v) is 16.7. The molecule has 2 heterocycles. The number of carbonyl (C=O) groups excluding carboxylic acids is 2. The van der Waals surface area contributed by atoms with Gasteiger partial charge in [-0.15, -0.1) is 0 Å². The summed E-state index contributed by atoms with van der Waals surface area (Å²) in [6.07, 6.45) is 4.90. The topological polar surface area (TPSA) is 67.9 Å². The van der Waals surface area contributed by atoms with Crippen LogP contribution in [0.1, 0.15) is 42.5 Å². The number of halogens is 1. The van der Waals surface area contributed by atoms with Crippen molar-refractivity contribution in [2.45, 2.75) is 50.3 Å². The van der Waals surface area contributed by atoms with E-state index < -0.39 is 6.04 Å². The van der Waals surface area contributed by atoms with Gasteiger partial charge in [0, 0.05) is 23.2 Å². The molecule has 1 aliphatic carbocycles. The van der Waals surface area contributed by atoms with Crippen LogP contribution >= 0.6 is 11.6 Å². The maximum Gasteiger partial charge on any atom is 0.254 e. The van der Waals surface area contributed by atoms with Crippen LogP contribution in [0.15, 0.2) is 24.3 Å². The number of benzene rings is 1. The third kappa shape index (κ3) is 4.19. The number of amides is 2. The number of ether oxygens (including phenoxy) is 2. The van der Waals surface area contributed by atoms with E-state index in [9.17, 15) is 9.59 Å². The number of rotatable bonds is 4. The molecule has 7 heteroatoms. The fourth-order valence-corrected chi connectivity index (χ4v) is 4.93. The summed E-state index contributed by atoms with van der Waals surface area (Å²) < 4.78 is 11.0. The second-order valence-electron chi connectivity index (χ2n) is 7.90. The highest BCUT2D eigenvalue weighted by Gasteiger charge is 2.47. The van der Waals surface area contributed by atoms with Crippen LogP contribution in [0.3, 0.4) is 0 Å². The molecule has 2 amide bonds. The van der Waals surface area contributed by atoms with Crippen LogP contribution in [0.5, 0.6) is 0 Å². The Morgan fingerprint density at radius 3 is 2.86 bits per heavy atom. The summed E-state index contributed by atoms with van der Waals surface area (Å²) >= 11 is 6.09. The minimum Gasteiger partial charge on any atom is -0.376 e. The Labute approximate surface area is 170 Å². The molecule has 3 aliphatic rings. The van der Waals surface area contributed by atoms with Gasteiger partial charge >= 0.3 is 0 Å². The molecule has 152 valence electrons. The van der Waals surface area contributed by atoms with Crippen LogP contribution in [-0.4, -0.2) is 61.3 Å². The number of likely N-dealkylation sites (tertiary alicyclic amines) is 1. The molecule has 1 saturated carbocycles. The molecule has 28 heavy (non-hydrogen) atoms. The SMILES string of the molecule is O=C(NC[C@@H]1COCCO1)[C@@H]1C[C@H]2CCCC[C@H]2N1C(=O)c1cccc(Cl)c1. The van der Waals surface area contributed by atoms with E-state index in [0.717, 1.165) is 25.7 Å². The van der Waals surface area contributed by atoms with Crippen molar-refractivity contribution in [2.75, 3.05) is 26.4 Å². The molecule has 1 N–H and O–H groups in total. The summed E-state index contributed by atoms with van der Waals surface area (Å²) in [4.78, 5) is 28.2. The minimum absolute atomic E-state index is 0.0982. The molecule has 0 radical (unpaired) electrons. The minimum atomic E-state index is -0.441. The highest BCUT2D eigenvalue weighted by Crippen LogP contribution is 2.40. The number of fused-ring (bicyclic) bond motifs is 1. The van der Waals surface area contributed by atoms with Crippen LogP contribution in [0.25, 0.3) is 0 Å². The highest BCUT2D eigenvalue weighted by atomic mass is 35.5. The van der Waals surface area contributed by atoms with Crippen molar-refractivity contribution in [3.63, 3.8) is 0 Å². The van der Waals surface area contributed by atoms with Gasteiger partial charge < -0.3 is 19.7 Å². The van der Waals surface area contributed by atoms with Crippen molar-refractivity contribution in [1.29, 1.82) is 0 Å². The zero-order chi connectivity index (χ0) is 19.5. The fraction of sp³-hybridized carbons (Fsp3) is 0.619. The smallest absolute Gasteiger partial charge is 0.254 e. The van der Waals surface area contributed by atoms with Gasteiger partial charge in [0.2, 0.25) is 5.91 Å². The molecular weight excluding hydrogens is 380 g/mol. The lowest BCUT2D eigenvalue weighted by Gasteiger charge is -2.34. The highest BCUT2D eigenvalue weighted by molar-refractivity contribution is 6.31. The molecular formula is C21H27ClN2O4. The summed E-state index contributed by atoms with van der Waals surface area (Å²) in [6, 6.07) is 6.67. The average molecular weight is 407 g/mol. The monoisotopic (exact) mass is 406 g/mol. The molecule has 2 aliphatic heterocycles. The number of hydrogen-bond donors (Lipinski definition) is 1. The van der Waals surface area contributed by atoms with Crippen LogP contribution < -0.4 is 5.32 Å². The summed E-state index contributed by atoms with van der Waals surface area (Å²) in [7, 11) is 0. The first-order chi connectivity index (χ1) is 13.6. The van der Waals surface area contributed by atoms with Crippen molar-refractivity contribution < 1.29 is 19.1 Å². The Bertz CT molecular complexity index is 722. The summed E-state index contributed by atoms with van der Waals surface area (Å²) in [5.41, 5.74) is 0.542. The van der Waals surface area contributed by atoms with E-state index in [4.69, 9.17) is 21.1 Å². The molecule has 0 bridgehead atoms. The lowest BCUT2D eigenvalue weighted by Crippen LogP contribution is -2.51. The predicted molar refractivity (Wildman–Crippen MR) is 105 cm³/mol. The Hall–Kier alpha value is -1.63. The van der Waals surface area contributed by atoms with E-state index in [1.54, 1.807) is 24.3 Å². The van der Waals surface area contributed by atoms with Crippen molar-refractivity contribution in [3.8, 4) is 0 Å². The lowest BCUT2D eigenvalue weighted by molar-refractivity contribution is -0.127. The lowest BCUT2D eigenvalue weighted by atomic mass is 9.84. The van der Waals surface area contributed by atoms with Crippen molar-refractivity contribution in [2.24, 2.45) is 5.92 Å². The Balaban J connectivity index is 1.50. The molecule has 0 aromatic heterocycles. The number of nitrogens with zero attached hydrogens (tertiary/aromatic N) is 1. The Morgan fingerprint density at radius 1 is 1.21 bits per heavy atom. The van der Waals surface area contributed by atoms with Gasteiger partial charge in [-0.2, -0.15) is 0 Å². The van der Waals surface area contributed by atoms with Crippen LogP contribution in [-0.2, 0) is 14.3 Å². The van der Waals surface area contributed by atoms with Gasteiger partial charge in [0.15, 0.2) is 0 Å². The van der Waals surface area contributed by atoms with E-state index in [1.807, 2.05) is 4.90 Å². The normalized spacial score (nSPS) is 30.0. The first kappa shape index (κ1) is 19.7. The van der Waals surface area contributed by atoms with Crippen molar-refractivity contribution in [1.82, 2.24) is 10.2 Å². The molecule has 4 rings (SSSR count). The van der Waals surface area contributed by atoms with Gasteiger partial charge in [-0.1, -0.05) is 30.5 Å². The van der Waals surface area contributed by atoms with Crippen molar-refractivity contribution in [3.05, 3.63) is 34.9 Å². The zero-order valence-electron chi connectivity index (χ0n) is 15.9. The van der Waals surface area contributed by atoms with E-state index in [2.05, 4.69) is 5.32 Å². The van der Waals surface area contributed by atoms with E-state index in [0.29, 0.717) is 42.9 Å². The Morgan fingerprint density at radius 2 is 2.07 bits per heavy atom. The molecule has 0 unspecified atom stereocenters. The molecule has 1 aromatic carbocycles. The van der Waals surface area contributed by atoms with Gasteiger partial charge in [0.1, 0.15) is 6.04 Å². The van der Waals surface area contributed by atoms with Gasteiger partial charge in [-0.3, -0.25) is 9.59 Å². The van der Waals surface area contributed by atoms with E-state index >= 15 is 0 Å². The first-order valence-corrected chi connectivity index (χ1v) is 10.6. The summed E-state index contributed by atoms with van der Waals surface area (Å²) in [6.45, 7) is 2.04. The fourth-order valence-electron chi connectivity index (χ4n) is 4.74. The van der Waals surface area contributed by atoms with Crippen molar-refractivity contribution >= 4 is 23.4 Å². The average Bonchev–Trinajstić information content (AvgIpc) is 3.12. The van der Waals surface area contributed by atoms with E-state index in [-0.39, 0.29) is 24.0 Å². The molecule has 3 fully saturated rings. The molecule has 2 saturated heterocycles. The Kier molecular flexibility index (Phi) is 6.19. The summed E-state index contributed by atoms with van der Waals surface area (Å²) in [5, 5.41) is 3.52. The van der Waals surface area contributed by atoms with Crippen LogP contribution in [0, 0.1) is 5.92 Å². The largest absolute Gasteiger partial charge is 0.376 e. The molecule has 1 aromatic rings. The second-order valence-corrected chi connectivity index (χ2v) is 8.34. The van der Waals surface area contributed by atoms with Crippen LogP contribution in [0.4, 0.5) is 0 Å². The van der Waals surface area contributed by atoms with Gasteiger partial charge in [-0.05, 0) is 43.4 Å². The molecule has 0 spiro atoms. The quantitative estimate of drug-likeness (QED) is 0.834. The molecule has 6 nitrogen and oxygen atoms in total. The first-order valence-electron chi connectivity index (χ1n) is 10.2. The van der Waals surface area contributed by atoms with Crippen LogP contribution in [0.2, 0.25) is 5.02 Å². The summed E-state index contributed by atoms with van der Waals surface area (Å²) in [5.74, 6) is 0.190. The van der Waals surface area contributed by atoms with Gasteiger partial charge in [0.05, 0.1) is 25.9 Å².